The number of hydrogen-bond acceptors (Lipinski definition) is 9. The number of aliphatic hydroxyl groups excluding tert-OH is 1. The number of Topliss-reactive ketones (excluding diaryl/α,β-unsaturated/α-hetero) is 1. The predicted molar refractivity (Wildman–Crippen MR) is 182 cm³/mol. The summed E-state index contributed by atoms with van der Waals surface area (Å²) in [5, 5.41) is 19.1. The molecule has 0 fully saturated rings. The van der Waals surface area contributed by atoms with Gasteiger partial charge in [-0.15, -0.1) is 0 Å². The number of pyridine rings is 1. The Labute approximate surface area is 284 Å². The zero-order valence-electron chi connectivity index (χ0n) is 27.4. The minimum Gasteiger partial charge on any atom is -0.497 e. The van der Waals surface area contributed by atoms with E-state index in [0.29, 0.717) is 36.2 Å². The Balaban J connectivity index is 1.24. The Morgan fingerprint density at radius 2 is 1.14 bits per heavy atom. The van der Waals surface area contributed by atoms with Crippen LogP contribution in [-0.4, -0.2) is 47.3 Å². The molecule has 0 unspecified atom stereocenters. The molecule has 49 heavy (non-hydrogen) atoms. The molecule has 5 rings (SSSR count). The number of benzene rings is 4. The number of aliphatic hydroxyl groups is 1. The van der Waals surface area contributed by atoms with Crippen LogP contribution in [-0.2, 0) is 24.6 Å². The van der Waals surface area contributed by atoms with Gasteiger partial charge in [0.1, 0.15) is 43.0 Å². The highest BCUT2D eigenvalue weighted by Gasteiger charge is 2.31. The van der Waals surface area contributed by atoms with Crippen LogP contribution in [0, 0.1) is 5.92 Å². The van der Waals surface area contributed by atoms with Gasteiger partial charge in [0.2, 0.25) is 0 Å². The highest BCUT2D eigenvalue weighted by molar-refractivity contribution is 6.08. The lowest BCUT2D eigenvalue weighted by Gasteiger charge is -2.15. The zero-order chi connectivity index (χ0) is 34.8. The Morgan fingerprint density at radius 3 is 1.63 bits per heavy atom. The number of ether oxygens (including phenoxy) is 5. The molecule has 0 amide bonds. The molecule has 0 aliphatic heterocycles. The van der Waals surface area contributed by atoms with Gasteiger partial charge in [-0.2, -0.15) is 0 Å². The summed E-state index contributed by atoms with van der Waals surface area (Å²) in [6, 6.07) is 31.1. The fourth-order valence-electron chi connectivity index (χ4n) is 4.98. The maximum atomic E-state index is 12.6. The summed E-state index contributed by atoms with van der Waals surface area (Å²) in [4.78, 5) is 28.6. The largest absolute Gasteiger partial charge is 0.497 e. The van der Waals surface area contributed by atoms with Gasteiger partial charge < -0.3 is 33.9 Å². The second-order valence-corrected chi connectivity index (χ2v) is 11.2. The van der Waals surface area contributed by atoms with Crippen molar-refractivity contribution in [3.05, 3.63) is 132 Å². The van der Waals surface area contributed by atoms with Crippen LogP contribution < -0.4 is 23.7 Å². The minimum atomic E-state index is -1.52. The van der Waals surface area contributed by atoms with Crippen molar-refractivity contribution in [2.45, 2.75) is 32.8 Å². The molecule has 0 bridgehead atoms. The highest BCUT2D eigenvalue weighted by atomic mass is 16.5. The number of aromatic nitrogens is 1. The molecule has 10 heteroatoms. The lowest BCUT2D eigenvalue weighted by molar-refractivity contribution is -0.142. The predicted octanol–water partition coefficient (Wildman–Crippen LogP) is 6.77. The first-order valence-corrected chi connectivity index (χ1v) is 15.5. The fourth-order valence-corrected chi connectivity index (χ4v) is 4.98. The first-order chi connectivity index (χ1) is 23.7. The summed E-state index contributed by atoms with van der Waals surface area (Å²) >= 11 is 0. The van der Waals surface area contributed by atoms with E-state index in [0.717, 1.165) is 33.8 Å². The molecule has 1 heterocycles. The number of carboxylic acid groups (broad SMARTS) is 1. The lowest BCUT2D eigenvalue weighted by atomic mass is 9.92. The molecule has 0 radical (unpaired) electrons. The van der Waals surface area contributed by atoms with Crippen molar-refractivity contribution >= 4 is 11.8 Å². The van der Waals surface area contributed by atoms with Crippen LogP contribution in [0.2, 0.25) is 0 Å². The van der Waals surface area contributed by atoms with Crippen LogP contribution in [0.25, 0.3) is 11.1 Å². The number of rotatable bonds is 16. The summed E-state index contributed by atoms with van der Waals surface area (Å²) in [6.45, 7) is 2.10. The van der Waals surface area contributed by atoms with Gasteiger partial charge in [-0.05, 0) is 65.6 Å². The Bertz CT molecular complexity index is 1840. The van der Waals surface area contributed by atoms with Crippen LogP contribution >= 0.6 is 0 Å². The van der Waals surface area contributed by atoms with E-state index in [1.54, 1.807) is 50.7 Å². The molecular formula is C39H37NO9. The Morgan fingerprint density at radius 1 is 0.653 bits per heavy atom. The van der Waals surface area contributed by atoms with E-state index in [2.05, 4.69) is 4.98 Å². The maximum absolute atomic E-state index is 12.6. The quantitative estimate of drug-likeness (QED) is 0.0861. The lowest BCUT2D eigenvalue weighted by Crippen LogP contribution is -2.33. The Hall–Kier alpha value is -5.87. The number of carbonyl (C=O) groups excluding carboxylic acids is 1. The SMILES string of the molecule is COc1ccc(COc2cnc(COc3ccc(-c4ccc(C(=O)[C@@H](C(=O)O)[C@@H](C)O)cc4)cc3)cc2OCc2ccc(OC)cc2)cc1. The standard InChI is InChI=1S/C39H37NO9/c1-25(41)37(39(43)44)38(42)30-10-8-28(9-11-30)29-12-18-34(19-13-29)47-24-31-20-35(48-22-26-4-14-32(45-2)15-5-26)36(21-40-31)49-23-27-6-16-33(46-3)17-7-27/h4-21,25,37,41H,22-24H2,1-3H3,(H,43,44)/t25-,37+/m1/s1. The maximum Gasteiger partial charge on any atom is 0.317 e. The van der Waals surface area contributed by atoms with Crippen LogP contribution in [0.1, 0.15) is 34.1 Å². The van der Waals surface area contributed by atoms with E-state index in [4.69, 9.17) is 23.7 Å². The molecule has 0 aliphatic carbocycles. The van der Waals surface area contributed by atoms with Crippen molar-refractivity contribution in [3.63, 3.8) is 0 Å². The molecule has 5 aromatic rings. The first kappa shape index (κ1) is 34.5. The minimum absolute atomic E-state index is 0.182. The van der Waals surface area contributed by atoms with Gasteiger partial charge in [-0.1, -0.05) is 60.7 Å². The Kier molecular flexibility index (Phi) is 11.5. The third kappa shape index (κ3) is 9.15. The molecular weight excluding hydrogens is 626 g/mol. The number of carboxylic acids is 1. The van der Waals surface area contributed by atoms with Crippen molar-refractivity contribution in [3.8, 4) is 39.9 Å². The number of carbonyl (C=O) groups is 2. The van der Waals surface area contributed by atoms with Gasteiger partial charge >= 0.3 is 5.97 Å². The fraction of sp³-hybridized carbons (Fsp3) is 0.205. The van der Waals surface area contributed by atoms with Crippen molar-refractivity contribution in [1.82, 2.24) is 4.98 Å². The number of methoxy groups -OCH3 is 2. The van der Waals surface area contributed by atoms with Gasteiger partial charge in [0.05, 0.1) is 32.2 Å². The molecule has 0 saturated carbocycles. The molecule has 2 atom stereocenters. The molecule has 0 saturated heterocycles. The normalized spacial score (nSPS) is 12.0. The van der Waals surface area contributed by atoms with E-state index in [-0.39, 0.29) is 12.2 Å². The topological polar surface area (TPSA) is 134 Å². The average Bonchev–Trinajstić information content (AvgIpc) is 3.13. The van der Waals surface area contributed by atoms with E-state index in [1.165, 1.54) is 6.92 Å². The summed E-state index contributed by atoms with van der Waals surface area (Å²) in [5.74, 6) is -0.346. The van der Waals surface area contributed by atoms with Crippen LogP contribution in [0.15, 0.2) is 109 Å². The monoisotopic (exact) mass is 663 g/mol. The molecule has 0 spiro atoms. The second kappa shape index (κ2) is 16.3. The van der Waals surface area contributed by atoms with Crippen molar-refractivity contribution in [1.29, 1.82) is 0 Å². The summed E-state index contributed by atoms with van der Waals surface area (Å²) in [7, 11) is 3.25. The third-order valence-corrected chi connectivity index (χ3v) is 7.77. The molecule has 0 aliphatic rings. The number of hydrogen-bond donors (Lipinski definition) is 2. The van der Waals surface area contributed by atoms with E-state index < -0.39 is 23.8 Å². The van der Waals surface area contributed by atoms with Crippen LogP contribution in [0.3, 0.4) is 0 Å². The summed E-state index contributed by atoms with van der Waals surface area (Å²) in [5.41, 5.74) is 4.49. The van der Waals surface area contributed by atoms with Gasteiger partial charge in [0, 0.05) is 11.6 Å². The van der Waals surface area contributed by atoms with Crippen LogP contribution in [0.5, 0.6) is 28.7 Å². The third-order valence-electron chi connectivity index (χ3n) is 7.77. The molecule has 4 aromatic carbocycles. The first-order valence-electron chi connectivity index (χ1n) is 15.5. The van der Waals surface area contributed by atoms with Crippen molar-refractivity contribution in [2.75, 3.05) is 14.2 Å². The van der Waals surface area contributed by atoms with Crippen molar-refractivity contribution in [2.24, 2.45) is 5.92 Å². The highest BCUT2D eigenvalue weighted by Crippen LogP contribution is 2.30. The smallest absolute Gasteiger partial charge is 0.317 e. The van der Waals surface area contributed by atoms with Crippen molar-refractivity contribution < 1.29 is 43.5 Å². The zero-order valence-corrected chi connectivity index (χ0v) is 27.4. The number of ketones is 1. The van der Waals surface area contributed by atoms with E-state index in [1.807, 2.05) is 72.8 Å². The van der Waals surface area contributed by atoms with E-state index >= 15 is 0 Å². The molecule has 1 aromatic heterocycles. The van der Waals surface area contributed by atoms with Gasteiger partial charge in [0.15, 0.2) is 17.3 Å². The van der Waals surface area contributed by atoms with E-state index in [9.17, 15) is 19.8 Å². The summed E-state index contributed by atoms with van der Waals surface area (Å²) in [6.07, 6.45) is 0.324. The van der Waals surface area contributed by atoms with Gasteiger partial charge in [-0.3, -0.25) is 14.6 Å². The molecule has 252 valence electrons. The van der Waals surface area contributed by atoms with Crippen LogP contribution in [0.4, 0.5) is 0 Å². The number of aliphatic carboxylic acids is 1. The summed E-state index contributed by atoms with van der Waals surface area (Å²) < 4.78 is 28.8. The average molecular weight is 664 g/mol. The molecule has 10 nitrogen and oxygen atoms in total. The van der Waals surface area contributed by atoms with Gasteiger partial charge in [-0.25, -0.2) is 0 Å². The number of nitrogens with zero attached hydrogens (tertiary/aromatic N) is 1. The second-order valence-electron chi connectivity index (χ2n) is 11.2. The molecule has 2 N–H and O–H groups in total. The van der Waals surface area contributed by atoms with Gasteiger partial charge in [0.25, 0.3) is 0 Å².